The van der Waals surface area contributed by atoms with Crippen LogP contribution >= 0.6 is 11.3 Å². The summed E-state index contributed by atoms with van der Waals surface area (Å²) in [4.78, 5) is 6.10. The molecule has 1 aliphatic carbocycles. The van der Waals surface area contributed by atoms with Crippen LogP contribution in [0.1, 0.15) is 48.5 Å². The highest BCUT2D eigenvalue weighted by molar-refractivity contribution is 7.07. The van der Waals surface area contributed by atoms with E-state index in [-0.39, 0.29) is 0 Å². The molecule has 1 aliphatic rings. The van der Waals surface area contributed by atoms with Gasteiger partial charge in [0.25, 0.3) is 0 Å². The molecule has 0 amide bonds. The van der Waals surface area contributed by atoms with Crippen LogP contribution in [0.2, 0.25) is 0 Å². The molecule has 1 saturated carbocycles. The number of nitrogens with zero attached hydrogens (tertiary/aromatic N) is 2. The Balaban J connectivity index is 2.10. The zero-order valence-corrected chi connectivity index (χ0v) is 13.3. The van der Waals surface area contributed by atoms with Crippen LogP contribution in [-0.2, 0) is 0 Å². The molecule has 0 unspecified atom stereocenters. The Hall–Kier alpha value is -1.35. The summed E-state index contributed by atoms with van der Waals surface area (Å²) in [5, 5.41) is 2.24. The van der Waals surface area contributed by atoms with E-state index in [2.05, 4.69) is 48.9 Å². The molecule has 1 aromatic heterocycles. The minimum atomic E-state index is 0.658. The highest BCUT2D eigenvalue weighted by Gasteiger charge is 2.19. The van der Waals surface area contributed by atoms with E-state index in [0.717, 1.165) is 10.5 Å². The molecule has 2 nitrogen and oxygen atoms in total. The van der Waals surface area contributed by atoms with Crippen molar-refractivity contribution in [1.82, 2.24) is 4.57 Å². The van der Waals surface area contributed by atoms with Gasteiger partial charge in [0.2, 0.25) is 0 Å². The Morgan fingerprint density at radius 2 is 1.90 bits per heavy atom. The average molecular weight is 286 g/mol. The van der Waals surface area contributed by atoms with Gasteiger partial charge in [0.15, 0.2) is 4.80 Å². The lowest BCUT2D eigenvalue weighted by Gasteiger charge is -2.14. The molecule has 106 valence electrons. The molecule has 0 saturated heterocycles. The standard InChI is InChI=1S/C17H22N2S/c1-12-7-6-10-16(14(12)3)18-17-19(13(2)11-20-17)15-8-4-5-9-15/h6-7,10-11,15H,4-5,8-9H2,1-3H3. The molecule has 1 aromatic carbocycles. The molecule has 0 spiro atoms. The smallest absolute Gasteiger partial charge is 0.190 e. The topological polar surface area (TPSA) is 17.3 Å². The van der Waals surface area contributed by atoms with E-state index in [9.17, 15) is 0 Å². The highest BCUT2D eigenvalue weighted by Crippen LogP contribution is 2.30. The number of rotatable bonds is 2. The fourth-order valence-electron chi connectivity index (χ4n) is 3.05. The van der Waals surface area contributed by atoms with Gasteiger partial charge >= 0.3 is 0 Å². The van der Waals surface area contributed by atoms with Gasteiger partial charge in [-0.2, -0.15) is 0 Å². The Morgan fingerprint density at radius 1 is 1.15 bits per heavy atom. The molecular formula is C17H22N2S. The van der Waals surface area contributed by atoms with Gasteiger partial charge in [0.05, 0.1) is 5.69 Å². The fourth-order valence-corrected chi connectivity index (χ4v) is 4.00. The molecule has 0 N–H and O–H groups in total. The largest absolute Gasteiger partial charge is 0.318 e. The van der Waals surface area contributed by atoms with Crippen molar-refractivity contribution >= 4 is 17.0 Å². The summed E-state index contributed by atoms with van der Waals surface area (Å²) in [6, 6.07) is 7.03. The van der Waals surface area contributed by atoms with Gasteiger partial charge in [-0.1, -0.05) is 25.0 Å². The summed E-state index contributed by atoms with van der Waals surface area (Å²) in [5.41, 5.74) is 5.06. The molecule has 20 heavy (non-hydrogen) atoms. The van der Waals surface area contributed by atoms with Gasteiger partial charge < -0.3 is 4.57 Å². The number of aromatic nitrogens is 1. The van der Waals surface area contributed by atoms with Gasteiger partial charge in [0.1, 0.15) is 0 Å². The number of hydrogen-bond donors (Lipinski definition) is 0. The van der Waals surface area contributed by atoms with E-state index in [1.165, 1.54) is 42.5 Å². The Bertz CT molecular complexity index is 673. The van der Waals surface area contributed by atoms with Crippen LogP contribution in [-0.4, -0.2) is 4.57 Å². The zero-order chi connectivity index (χ0) is 14.1. The first-order valence-electron chi connectivity index (χ1n) is 7.44. The van der Waals surface area contributed by atoms with Crippen LogP contribution in [0.4, 0.5) is 5.69 Å². The van der Waals surface area contributed by atoms with Crippen molar-refractivity contribution in [1.29, 1.82) is 0 Å². The van der Waals surface area contributed by atoms with Gasteiger partial charge in [-0.3, -0.25) is 0 Å². The molecule has 0 atom stereocenters. The number of aryl methyl sites for hydroxylation is 2. The van der Waals surface area contributed by atoms with Gasteiger partial charge in [-0.05, 0) is 50.8 Å². The second kappa shape index (κ2) is 5.57. The van der Waals surface area contributed by atoms with Crippen LogP contribution in [0.5, 0.6) is 0 Å². The minimum Gasteiger partial charge on any atom is -0.318 e. The maximum atomic E-state index is 4.95. The lowest BCUT2D eigenvalue weighted by molar-refractivity contribution is 0.496. The number of benzene rings is 1. The van der Waals surface area contributed by atoms with Crippen molar-refractivity contribution in [2.75, 3.05) is 0 Å². The first-order chi connectivity index (χ1) is 9.66. The van der Waals surface area contributed by atoms with Crippen molar-refractivity contribution in [3.63, 3.8) is 0 Å². The van der Waals surface area contributed by atoms with Crippen molar-refractivity contribution in [2.45, 2.75) is 52.5 Å². The van der Waals surface area contributed by atoms with E-state index < -0.39 is 0 Å². The minimum absolute atomic E-state index is 0.658. The quantitative estimate of drug-likeness (QED) is 0.753. The Morgan fingerprint density at radius 3 is 2.65 bits per heavy atom. The molecule has 0 aliphatic heterocycles. The summed E-state index contributed by atoms with van der Waals surface area (Å²) in [6.45, 7) is 6.52. The van der Waals surface area contributed by atoms with Crippen molar-refractivity contribution < 1.29 is 0 Å². The van der Waals surface area contributed by atoms with Crippen LogP contribution in [0.15, 0.2) is 28.6 Å². The molecule has 2 aromatic rings. The highest BCUT2D eigenvalue weighted by atomic mass is 32.1. The Kier molecular flexibility index (Phi) is 3.79. The van der Waals surface area contributed by atoms with Crippen molar-refractivity contribution in [3.8, 4) is 0 Å². The molecule has 0 bridgehead atoms. The lowest BCUT2D eigenvalue weighted by atomic mass is 10.1. The van der Waals surface area contributed by atoms with E-state index in [1.54, 1.807) is 11.3 Å². The number of thiazole rings is 1. The third-order valence-corrected chi connectivity index (χ3v) is 5.36. The predicted molar refractivity (Wildman–Crippen MR) is 85.7 cm³/mol. The molecule has 0 radical (unpaired) electrons. The van der Waals surface area contributed by atoms with E-state index in [4.69, 9.17) is 4.99 Å². The SMILES string of the molecule is Cc1cccc(N=c2scc(C)n2C2CCCC2)c1C. The normalized spacial score (nSPS) is 17.1. The first-order valence-corrected chi connectivity index (χ1v) is 8.32. The first kappa shape index (κ1) is 13.6. The molecule has 1 fully saturated rings. The molecule has 1 heterocycles. The third-order valence-electron chi connectivity index (χ3n) is 4.40. The maximum absolute atomic E-state index is 4.95. The van der Waals surface area contributed by atoms with Gasteiger partial charge in [-0.25, -0.2) is 4.99 Å². The summed E-state index contributed by atoms with van der Waals surface area (Å²) in [6.07, 6.45) is 5.32. The fraction of sp³-hybridized carbons (Fsp3) is 0.471. The molecule has 3 heteroatoms. The summed E-state index contributed by atoms with van der Waals surface area (Å²) in [7, 11) is 0. The van der Waals surface area contributed by atoms with Crippen molar-refractivity contribution in [3.05, 3.63) is 45.2 Å². The second-order valence-corrected chi connectivity index (χ2v) is 6.64. The van der Waals surface area contributed by atoms with Crippen LogP contribution in [0.25, 0.3) is 0 Å². The lowest BCUT2D eigenvalue weighted by Crippen LogP contribution is -2.20. The van der Waals surface area contributed by atoms with E-state index >= 15 is 0 Å². The summed E-state index contributed by atoms with van der Waals surface area (Å²) >= 11 is 1.77. The van der Waals surface area contributed by atoms with Gasteiger partial charge in [0, 0.05) is 17.1 Å². The monoisotopic (exact) mass is 286 g/mol. The second-order valence-electron chi connectivity index (χ2n) is 5.80. The molecular weight excluding hydrogens is 264 g/mol. The third kappa shape index (κ3) is 2.47. The predicted octanol–water partition coefficient (Wildman–Crippen LogP) is 4.82. The van der Waals surface area contributed by atoms with Crippen molar-refractivity contribution in [2.24, 2.45) is 4.99 Å². The van der Waals surface area contributed by atoms with Crippen LogP contribution in [0.3, 0.4) is 0 Å². The summed E-state index contributed by atoms with van der Waals surface area (Å²) in [5.74, 6) is 0. The van der Waals surface area contributed by atoms with E-state index in [1.807, 2.05) is 0 Å². The van der Waals surface area contributed by atoms with Crippen LogP contribution < -0.4 is 4.80 Å². The Labute approximate surface area is 124 Å². The zero-order valence-electron chi connectivity index (χ0n) is 12.5. The summed E-state index contributed by atoms with van der Waals surface area (Å²) < 4.78 is 2.46. The van der Waals surface area contributed by atoms with Gasteiger partial charge in [-0.15, -0.1) is 11.3 Å². The maximum Gasteiger partial charge on any atom is 0.190 e. The average Bonchev–Trinajstić information content (AvgIpc) is 3.05. The van der Waals surface area contributed by atoms with E-state index in [0.29, 0.717) is 6.04 Å². The van der Waals surface area contributed by atoms with Crippen LogP contribution in [0, 0.1) is 20.8 Å². The molecule has 3 rings (SSSR count). The number of hydrogen-bond acceptors (Lipinski definition) is 2.